The van der Waals surface area contributed by atoms with Crippen molar-refractivity contribution in [2.75, 3.05) is 6.26 Å². The number of nitrogens with zero attached hydrogens (tertiary/aromatic N) is 2. The molecule has 0 radical (unpaired) electrons. The molecule has 0 bridgehead atoms. The number of fused-ring (bicyclic) bond motifs is 2. The van der Waals surface area contributed by atoms with Gasteiger partial charge < -0.3 is 4.74 Å². The molecule has 0 saturated heterocycles. The molecule has 178 valence electrons. The van der Waals surface area contributed by atoms with Crippen LogP contribution in [-0.2, 0) is 25.6 Å². The summed E-state index contributed by atoms with van der Waals surface area (Å²) >= 11 is 8.47. The number of pyridine rings is 1. The number of benzene rings is 2. The van der Waals surface area contributed by atoms with Gasteiger partial charge in [-0.2, -0.15) is 8.42 Å². The van der Waals surface area contributed by atoms with Gasteiger partial charge in [0.05, 0.1) is 29.6 Å². The van der Waals surface area contributed by atoms with Crippen molar-refractivity contribution in [3.8, 4) is 11.3 Å². The predicted molar refractivity (Wildman–Crippen MR) is 142 cm³/mol. The van der Waals surface area contributed by atoms with Crippen molar-refractivity contribution in [1.29, 1.82) is 0 Å². The van der Waals surface area contributed by atoms with Gasteiger partial charge >= 0.3 is 6.09 Å². The van der Waals surface area contributed by atoms with Crippen molar-refractivity contribution in [1.82, 2.24) is 9.55 Å². The topological polar surface area (TPSA) is 87.5 Å². The van der Waals surface area contributed by atoms with Crippen LogP contribution in [0.1, 0.15) is 26.3 Å². The van der Waals surface area contributed by atoms with Crippen LogP contribution in [0.4, 0.5) is 4.79 Å². The van der Waals surface area contributed by atoms with Gasteiger partial charge in [-0.05, 0) is 91.4 Å². The van der Waals surface area contributed by atoms with E-state index >= 15 is 0 Å². The van der Waals surface area contributed by atoms with Crippen LogP contribution in [0.15, 0.2) is 48.7 Å². The molecule has 10 heteroatoms. The Balaban J connectivity index is 1.94. The fraction of sp³-hybridized carbons (Fsp3) is 0.250. The Kier molecular flexibility index (Phi) is 6.67. The standard InChI is InChI=1S/C24H22ClIN2O5S/c1-24(2,3)33-23(29)28-12-19(18-10-15(25)5-8-22(18)28)21-9-14(13-32-34(4,30)31)17-11-16(26)6-7-20(17)27-21/h5-12H,13H2,1-4H3. The highest BCUT2D eigenvalue weighted by Gasteiger charge is 2.22. The predicted octanol–water partition coefficient (Wildman–Crippen LogP) is 6.37. The summed E-state index contributed by atoms with van der Waals surface area (Å²) in [4.78, 5) is 17.7. The highest BCUT2D eigenvalue weighted by atomic mass is 127. The average molecular weight is 613 g/mol. The molecular formula is C24H22ClIN2O5S. The van der Waals surface area contributed by atoms with E-state index in [1.54, 1.807) is 51.2 Å². The molecule has 34 heavy (non-hydrogen) atoms. The van der Waals surface area contributed by atoms with Gasteiger partial charge in [0.2, 0.25) is 0 Å². The summed E-state index contributed by atoms with van der Waals surface area (Å²) in [5.74, 6) is 0. The number of halogens is 2. The molecular weight excluding hydrogens is 591 g/mol. The highest BCUT2D eigenvalue weighted by Crippen LogP contribution is 2.34. The van der Waals surface area contributed by atoms with Crippen LogP contribution in [0.25, 0.3) is 33.1 Å². The summed E-state index contributed by atoms with van der Waals surface area (Å²) in [6.45, 7) is 5.26. The van der Waals surface area contributed by atoms with Crippen LogP contribution in [0.3, 0.4) is 0 Å². The smallest absolute Gasteiger partial charge is 0.419 e. The Morgan fingerprint density at radius 2 is 1.85 bits per heavy atom. The van der Waals surface area contributed by atoms with E-state index in [9.17, 15) is 13.2 Å². The maximum atomic E-state index is 12.9. The van der Waals surface area contributed by atoms with E-state index in [4.69, 9.17) is 25.5 Å². The summed E-state index contributed by atoms with van der Waals surface area (Å²) in [5, 5.41) is 2.01. The second kappa shape index (κ2) is 9.10. The zero-order chi connectivity index (χ0) is 24.8. The normalized spacial score (nSPS) is 12.4. The maximum Gasteiger partial charge on any atom is 0.419 e. The third-order valence-corrected chi connectivity index (χ3v) is 6.37. The van der Waals surface area contributed by atoms with Gasteiger partial charge in [0.1, 0.15) is 5.60 Å². The van der Waals surface area contributed by atoms with Gasteiger partial charge in [0.15, 0.2) is 0 Å². The minimum Gasteiger partial charge on any atom is -0.443 e. The van der Waals surface area contributed by atoms with E-state index in [1.165, 1.54) is 4.57 Å². The number of hydrogen-bond donors (Lipinski definition) is 0. The van der Waals surface area contributed by atoms with Gasteiger partial charge in [-0.25, -0.2) is 9.78 Å². The lowest BCUT2D eigenvalue weighted by Gasteiger charge is -2.19. The second-order valence-electron chi connectivity index (χ2n) is 8.85. The molecule has 0 aliphatic carbocycles. The quantitative estimate of drug-likeness (QED) is 0.197. The van der Waals surface area contributed by atoms with Crippen molar-refractivity contribution in [2.24, 2.45) is 0 Å². The first-order chi connectivity index (χ1) is 15.8. The average Bonchev–Trinajstić information content (AvgIpc) is 3.09. The Morgan fingerprint density at radius 1 is 1.12 bits per heavy atom. The molecule has 0 amide bonds. The number of carbonyl (C=O) groups excluding carboxylic acids is 1. The molecule has 4 aromatic rings. The minimum atomic E-state index is -3.65. The van der Waals surface area contributed by atoms with E-state index in [0.717, 1.165) is 15.2 Å². The van der Waals surface area contributed by atoms with E-state index in [1.807, 2.05) is 18.2 Å². The molecule has 0 atom stereocenters. The fourth-order valence-electron chi connectivity index (χ4n) is 3.56. The third-order valence-electron chi connectivity index (χ3n) is 4.92. The lowest BCUT2D eigenvalue weighted by atomic mass is 10.0. The van der Waals surface area contributed by atoms with E-state index in [0.29, 0.717) is 38.3 Å². The lowest BCUT2D eigenvalue weighted by molar-refractivity contribution is 0.0544. The molecule has 2 aromatic heterocycles. The molecule has 0 aliphatic heterocycles. The number of rotatable bonds is 4. The van der Waals surface area contributed by atoms with Crippen molar-refractivity contribution in [3.63, 3.8) is 0 Å². The zero-order valence-corrected chi connectivity index (χ0v) is 22.7. The van der Waals surface area contributed by atoms with Crippen LogP contribution in [-0.4, -0.2) is 35.9 Å². The molecule has 7 nitrogen and oxygen atoms in total. The highest BCUT2D eigenvalue weighted by molar-refractivity contribution is 14.1. The van der Waals surface area contributed by atoms with Gasteiger partial charge in [-0.3, -0.25) is 8.75 Å². The monoisotopic (exact) mass is 612 g/mol. The van der Waals surface area contributed by atoms with Crippen LogP contribution in [0.2, 0.25) is 5.02 Å². The molecule has 0 fully saturated rings. The molecule has 0 aliphatic rings. The first-order valence-corrected chi connectivity index (χ1v) is 13.6. The Morgan fingerprint density at radius 3 is 2.53 bits per heavy atom. The number of carbonyl (C=O) groups is 1. The van der Waals surface area contributed by atoms with Gasteiger partial charge in [0, 0.05) is 31.1 Å². The van der Waals surface area contributed by atoms with Crippen LogP contribution < -0.4 is 0 Å². The third kappa shape index (κ3) is 5.54. The molecule has 0 saturated carbocycles. The van der Waals surface area contributed by atoms with Crippen molar-refractivity contribution >= 4 is 72.2 Å². The van der Waals surface area contributed by atoms with Crippen LogP contribution in [0.5, 0.6) is 0 Å². The minimum absolute atomic E-state index is 0.142. The first-order valence-electron chi connectivity index (χ1n) is 10.3. The van der Waals surface area contributed by atoms with Gasteiger partial charge in [-0.15, -0.1) is 0 Å². The summed E-state index contributed by atoms with van der Waals surface area (Å²) in [6, 6.07) is 12.7. The zero-order valence-electron chi connectivity index (χ0n) is 18.9. The van der Waals surface area contributed by atoms with Crippen LogP contribution in [0, 0.1) is 3.57 Å². The maximum absolute atomic E-state index is 12.9. The molecule has 4 rings (SSSR count). The van der Waals surface area contributed by atoms with Gasteiger partial charge in [0.25, 0.3) is 10.1 Å². The Labute approximate surface area is 216 Å². The van der Waals surface area contributed by atoms with Crippen molar-refractivity contribution in [3.05, 3.63) is 62.8 Å². The fourth-order valence-corrected chi connectivity index (χ4v) is 4.57. The molecule has 0 N–H and O–H groups in total. The molecule has 2 heterocycles. The van der Waals surface area contributed by atoms with E-state index in [2.05, 4.69) is 22.6 Å². The number of ether oxygens (including phenoxy) is 1. The largest absolute Gasteiger partial charge is 0.443 e. The first kappa shape index (κ1) is 24.9. The number of aromatic nitrogens is 2. The van der Waals surface area contributed by atoms with E-state index < -0.39 is 21.8 Å². The summed E-state index contributed by atoms with van der Waals surface area (Å²) < 4.78 is 36.4. The molecule has 2 aromatic carbocycles. The second-order valence-corrected chi connectivity index (χ2v) is 12.2. The summed E-state index contributed by atoms with van der Waals surface area (Å²) in [6.07, 6.45) is 2.15. The number of hydrogen-bond acceptors (Lipinski definition) is 6. The Bertz CT molecular complexity index is 1540. The molecule has 0 unspecified atom stereocenters. The SMILES string of the molecule is CC(C)(C)OC(=O)n1cc(-c2cc(COS(C)(=O)=O)c3cc(I)ccc3n2)c2cc(Cl)ccc21. The lowest BCUT2D eigenvalue weighted by Crippen LogP contribution is -2.26. The summed E-state index contributed by atoms with van der Waals surface area (Å²) in [5.41, 5.74) is 2.48. The molecule has 0 spiro atoms. The van der Waals surface area contributed by atoms with Crippen molar-refractivity contribution in [2.45, 2.75) is 33.0 Å². The van der Waals surface area contributed by atoms with Crippen LogP contribution >= 0.6 is 34.2 Å². The van der Waals surface area contributed by atoms with Crippen molar-refractivity contribution < 1.29 is 22.1 Å². The van der Waals surface area contributed by atoms with Gasteiger partial charge in [-0.1, -0.05) is 11.6 Å². The Hall–Kier alpha value is -2.21. The van der Waals surface area contributed by atoms with E-state index in [-0.39, 0.29) is 6.61 Å². The summed E-state index contributed by atoms with van der Waals surface area (Å²) in [7, 11) is -3.65.